The molecule has 1 atom stereocenters. The average molecular weight is 353 g/mol. The molecule has 3 rings (SSSR count). The summed E-state index contributed by atoms with van der Waals surface area (Å²) in [7, 11) is 3.18. The second kappa shape index (κ2) is 7.64. The van der Waals surface area contributed by atoms with Crippen molar-refractivity contribution in [1.82, 2.24) is 25.5 Å². The SMILES string of the molecule is COc1ccc(OC)c(C(C)NC(=O)c2ccccc2-n2cnnn2)c1. The average Bonchev–Trinajstić information content (AvgIpc) is 3.22. The number of nitrogens with one attached hydrogen (secondary N) is 1. The molecule has 8 nitrogen and oxygen atoms in total. The number of amides is 1. The van der Waals surface area contributed by atoms with E-state index in [4.69, 9.17) is 9.47 Å². The Labute approximate surface area is 150 Å². The zero-order valence-electron chi connectivity index (χ0n) is 14.7. The smallest absolute Gasteiger partial charge is 0.253 e. The Bertz CT molecular complexity index is 896. The number of benzene rings is 2. The summed E-state index contributed by atoms with van der Waals surface area (Å²) in [6.45, 7) is 1.88. The maximum atomic E-state index is 12.8. The Balaban J connectivity index is 1.87. The lowest BCUT2D eigenvalue weighted by Gasteiger charge is -2.19. The highest BCUT2D eigenvalue weighted by molar-refractivity contribution is 5.98. The zero-order chi connectivity index (χ0) is 18.5. The standard InChI is InChI=1S/C18H19N5O3/c1-12(15-10-13(25-2)8-9-17(15)26-3)20-18(24)14-6-4-5-7-16(14)23-11-19-21-22-23/h4-12H,1-3H3,(H,20,24). The molecule has 1 aromatic heterocycles. The normalized spacial score (nSPS) is 11.7. The molecule has 0 saturated heterocycles. The number of ether oxygens (including phenoxy) is 2. The second-order valence-electron chi connectivity index (χ2n) is 5.57. The summed E-state index contributed by atoms with van der Waals surface area (Å²) in [5.74, 6) is 1.12. The molecule has 0 fully saturated rings. The van der Waals surface area contributed by atoms with Crippen LogP contribution in [-0.2, 0) is 0 Å². The highest BCUT2D eigenvalue weighted by Crippen LogP contribution is 2.29. The lowest BCUT2D eigenvalue weighted by molar-refractivity contribution is 0.0939. The van der Waals surface area contributed by atoms with Crippen LogP contribution < -0.4 is 14.8 Å². The Morgan fingerprint density at radius 3 is 2.65 bits per heavy atom. The fourth-order valence-corrected chi connectivity index (χ4v) is 2.67. The molecule has 134 valence electrons. The Hall–Kier alpha value is -3.42. The lowest BCUT2D eigenvalue weighted by Crippen LogP contribution is -2.28. The van der Waals surface area contributed by atoms with Crippen LogP contribution >= 0.6 is 0 Å². The van der Waals surface area contributed by atoms with Gasteiger partial charge in [-0.05, 0) is 47.7 Å². The van der Waals surface area contributed by atoms with E-state index in [0.29, 0.717) is 22.7 Å². The molecular weight excluding hydrogens is 334 g/mol. The number of tetrazole rings is 1. The van der Waals surface area contributed by atoms with E-state index in [1.54, 1.807) is 32.4 Å². The molecule has 1 amide bonds. The van der Waals surface area contributed by atoms with Gasteiger partial charge in [0.25, 0.3) is 5.91 Å². The predicted octanol–water partition coefficient (Wildman–Crippen LogP) is 2.17. The summed E-state index contributed by atoms with van der Waals surface area (Å²) >= 11 is 0. The molecule has 1 unspecified atom stereocenters. The fraction of sp³-hybridized carbons (Fsp3) is 0.222. The van der Waals surface area contributed by atoms with E-state index in [9.17, 15) is 4.79 Å². The summed E-state index contributed by atoms with van der Waals surface area (Å²) in [6.07, 6.45) is 1.45. The van der Waals surface area contributed by atoms with E-state index in [1.807, 2.05) is 31.2 Å². The van der Waals surface area contributed by atoms with Crippen LogP contribution in [0.25, 0.3) is 5.69 Å². The van der Waals surface area contributed by atoms with Gasteiger partial charge in [0.1, 0.15) is 17.8 Å². The fourth-order valence-electron chi connectivity index (χ4n) is 2.67. The summed E-state index contributed by atoms with van der Waals surface area (Å²) in [4.78, 5) is 12.8. The van der Waals surface area contributed by atoms with Gasteiger partial charge in [-0.2, -0.15) is 4.68 Å². The van der Waals surface area contributed by atoms with Gasteiger partial charge in [0, 0.05) is 5.56 Å². The first-order chi connectivity index (χ1) is 12.6. The molecule has 0 aliphatic heterocycles. The van der Waals surface area contributed by atoms with E-state index >= 15 is 0 Å². The van der Waals surface area contributed by atoms with Gasteiger partial charge >= 0.3 is 0 Å². The molecule has 8 heteroatoms. The summed E-state index contributed by atoms with van der Waals surface area (Å²) < 4.78 is 12.1. The number of carbonyl (C=O) groups is 1. The van der Waals surface area contributed by atoms with Crippen molar-refractivity contribution >= 4 is 5.91 Å². The van der Waals surface area contributed by atoms with Gasteiger partial charge in [0.05, 0.1) is 31.5 Å². The highest BCUT2D eigenvalue weighted by Gasteiger charge is 2.19. The molecule has 0 bridgehead atoms. The minimum absolute atomic E-state index is 0.242. The molecule has 0 saturated carbocycles. The maximum Gasteiger partial charge on any atom is 0.253 e. The van der Waals surface area contributed by atoms with Crippen molar-refractivity contribution in [3.63, 3.8) is 0 Å². The first-order valence-corrected chi connectivity index (χ1v) is 7.99. The van der Waals surface area contributed by atoms with Crippen molar-refractivity contribution in [1.29, 1.82) is 0 Å². The molecule has 3 aromatic rings. The number of methoxy groups -OCH3 is 2. The number of hydrogen-bond acceptors (Lipinski definition) is 6. The molecule has 26 heavy (non-hydrogen) atoms. The monoisotopic (exact) mass is 353 g/mol. The van der Waals surface area contributed by atoms with Gasteiger partial charge in [-0.15, -0.1) is 5.10 Å². The Morgan fingerprint density at radius 2 is 1.96 bits per heavy atom. The van der Waals surface area contributed by atoms with Crippen LogP contribution in [0.5, 0.6) is 11.5 Å². The molecule has 1 N–H and O–H groups in total. The third-order valence-electron chi connectivity index (χ3n) is 4.00. The van der Waals surface area contributed by atoms with Crippen molar-refractivity contribution in [2.45, 2.75) is 13.0 Å². The molecule has 0 aliphatic rings. The van der Waals surface area contributed by atoms with E-state index in [2.05, 4.69) is 20.8 Å². The highest BCUT2D eigenvalue weighted by atomic mass is 16.5. The van der Waals surface area contributed by atoms with Crippen molar-refractivity contribution in [2.75, 3.05) is 14.2 Å². The topological polar surface area (TPSA) is 91.2 Å². The van der Waals surface area contributed by atoms with E-state index in [0.717, 1.165) is 5.56 Å². The minimum atomic E-state index is -0.297. The largest absolute Gasteiger partial charge is 0.497 e. The number of carbonyl (C=O) groups excluding carboxylic acids is 1. The Morgan fingerprint density at radius 1 is 1.15 bits per heavy atom. The zero-order valence-corrected chi connectivity index (χ0v) is 14.7. The number of aromatic nitrogens is 4. The van der Waals surface area contributed by atoms with Crippen molar-refractivity contribution in [3.8, 4) is 17.2 Å². The number of rotatable bonds is 6. The second-order valence-corrected chi connectivity index (χ2v) is 5.57. The van der Waals surface area contributed by atoms with Crippen LogP contribution in [-0.4, -0.2) is 40.3 Å². The molecular formula is C18H19N5O3. The Kier molecular flexibility index (Phi) is 5.12. The van der Waals surface area contributed by atoms with Gasteiger partial charge in [-0.25, -0.2) is 0 Å². The van der Waals surface area contributed by atoms with Crippen LogP contribution in [0.3, 0.4) is 0 Å². The third-order valence-corrected chi connectivity index (χ3v) is 4.00. The van der Waals surface area contributed by atoms with Gasteiger partial charge < -0.3 is 14.8 Å². The molecule has 0 aliphatic carbocycles. The van der Waals surface area contributed by atoms with E-state index < -0.39 is 0 Å². The van der Waals surface area contributed by atoms with Crippen LogP contribution in [0, 0.1) is 0 Å². The van der Waals surface area contributed by atoms with Crippen molar-refractivity contribution < 1.29 is 14.3 Å². The number of hydrogen-bond donors (Lipinski definition) is 1. The number of para-hydroxylation sites is 1. The minimum Gasteiger partial charge on any atom is -0.497 e. The van der Waals surface area contributed by atoms with Gasteiger partial charge in [0.15, 0.2) is 0 Å². The van der Waals surface area contributed by atoms with Crippen molar-refractivity contribution in [3.05, 3.63) is 59.9 Å². The molecule has 2 aromatic carbocycles. The predicted molar refractivity (Wildman–Crippen MR) is 94.6 cm³/mol. The van der Waals surface area contributed by atoms with Crippen LogP contribution in [0.2, 0.25) is 0 Å². The summed E-state index contributed by atoms with van der Waals surface area (Å²) in [5.41, 5.74) is 1.88. The molecule has 0 spiro atoms. The van der Waals surface area contributed by atoms with Crippen LogP contribution in [0.4, 0.5) is 0 Å². The van der Waals surface area contributed by atoms with Crippen LogP contribution in [0.15, 0.2) is 48.8 Å². The third kappa shape index (κ3) is 3.49. The summed E-state index contributed by atoms with van der Waals surface area (Å²) in [5, 5.41) is 14.1. The lowest BCUT2D eigenvalue weighted by atomic mass is 10.1. The van der Waals surface area contributed by atoms with E-state index in [1.165, 1.54) is 11.0 Å². The molecule has 1 heterocycles. The quantitative estimate of drug-likeness (QED) is 0.730. The van der Waals surface area contributed by atoms with Crippen LogP contribution in [0.1, 0.15) is 28.9 Å². The van der Waals surface area contributed by atoms with Gasteiger partial charge in [-0.1, -0.05) is 12.1 Å². The molecule has 0 radical (unpaired) electrons. The van der Waals surface area contributed by atoms with Crippen molar-refractivity contribution in [2.24, 2.45) is 0 Å². The number of nitrogens with zero attached hydrogens (tertiary/aromatic N) is 4. The first kappa shape index (κ1) is 17.4. The van der Waals surface area contributed by atoms with E-state index in [-0.39, 0.29) is 11.9 Å². The summed E-state index contributed by atoms with van der Waals surface area (Å²) in [6, 6.07) is 12.3. The first-order valence-electron chi connectivity index (χ1n) is 7.99. The van der Waals surface area contributed by atoms with Gasteiger partial charge in [0.2, 0.25) is 0 Å². The maximum absolute atomic E-state index is 12.8. The van der Waals surface area contributed by atoms with Gasteiger partial charge in [-0.3, -0.25) is 4.79 Å².